The molecule has 0 bridgehead atoms. The molecular formula is C19H25NO3. The molecule has 0 atom stereocenters. The van der Waals surface area contributed by atoms with Gasteiger partial charge in [-0.3, -0.25) is 9.59 Å². The second-order valence-electron chi connectivity index (χ2n) is 6.85. The van der Waals surface area contributed by atoms with Gasteiger partial charge in [0.25, 0.3) is 0 Å². The van der Waals surface area contributed by atoms with Gasteiger partial charge in [0.05, 0.1) is 5.92 Å². The number of carbonyl (C=O) groups is 2. The lowest BCUT2D eigenvalue weighted by Crippen LogP contribution is -2.21. The molecule has 4 heteroatoms. The second kappa shape index (κ2) is 7.16. The van der Waals surface area contributed by atoms with Gasteiger partial charge in [-0.25, -0.2) is 0 Å². The maximum absolute atomic E-state index is 12.2. The lowest BCUT2D eigenvalue weighted by atomic mass is 10.1. The van der Waals surface area contributed by atoms with Crippen molar-refractivity contribution in [3.8, 4) is 5.75 Å². The molecule has 2 aliphatic carbocycles. The molecule has 0 unspecified atom stereocenters. The van der Waals surface area contributed by atoms with Gasteiger partial charge in [0.2, 0.25) is 5.91 Å². The Hall–Kier alpha value is -1.84. The fourth-order valence-corrected chi connectivity index (χ4v) is 3.57. The molecule has 0 spiro atoms. The van der Waals surface area contributed by atoms with Crippen molar-refractivity contribution >= 4 is 17.6 Å². The van der Waals surface area contributed by atoms with Crippen LogP contribution in [0.15, 0.2) is 18.2 Å². The number of nitrogens with one attached hydrogen (secondary N) is 1. The fourth-order valence-electron chi connectivity index (χ4n) is 3.57. The van der Waals surface area contributed by atoms with Crippen LogP contribution in [0.1, 0.15) is 56.9 Å². The monoisotopic (exact) mass is 315 g/mol. The van der Waals surface area contributed by atoms with Gasteiger partial charge in [0, 0.05) is 17.7 Å². The third kappa shape index (κ3) is 3.92. The standard InChI is InChI=1S/C19H25NO3/c1-13-10-11-16(20-18(21)14-6-2-3-7-14)12-17(13)23-19(22)15-8-4-5-9-15/h10-12,14-15H,2-9H2,1H3,(H,20,21). The lowest BCUT2D eigenvalue weighted by Gasteiger charge is -2.14. The molecule has 1 aromatic rings. The van der Waals surface area contributed by atoms with Crippen LogP contribution in [0.2, 0.25) is 0 Å². The number of hydrogen-bond donors (Lipinski definition) is 1. The Morgan fingerprint density at radius 3 is 2.26 bits per heavy atom. The Morgan fingerprint density at radius 1 is 1.00 bits per heavy atom. The van der Waals surface area contributed by atoms with Crippen LogP contribution in [0.25, 0.3) is 0 Å². The van der Waals surface area contributed by atoms with Crippen molar-refractivity contribution < 1.29 is 14.3 Å². The molecule has 23 heavy (non-hydrogen) atoms. The first-order valence-electron chi connectivity index (χ1n) is 8.76. The molecule has 2 saturated carbocycles. The number of carbonyl (C=O) groups excluding carboxylic acids is 2. The largest absolute Gasteiger partial charge is 0.426 e. The molecule has 124 valence electrons. The summed E-state index contributed by atoms with van der Waals surface area (Å²) in [5.74, 6) is 0.669. The Labute approximate surface area is 137 Å². The van der Waals surface area contributed by atoms with Crippen molar-refractivity contribution in [3.05, 3.63) is 23.8 Å². The second-order valence-corrected chi connectivity index (χ2v) is 6.85. The van der Waals surface area contributed by atoms with E-state index < -0.39 is 0 Å². The molecule has 1 N–H and O–H groups in total. The highest BCUT2D eigenvalue weighted by atomic mass is 16.5. The molecule has 0 heterocycles. The highest BCUT2D eigenvalue weighted by Crippen LogP contribution is 2.30. The molecule has 3 rings (SSSR count). The van der Waals surface area contributed by atoms with Crippen LogP contribution in [0.5, 0.6) is 5.75 Å². The number of ether oxygens (including phenoxy) is 1. The zero-order chi connectivity index (χ0) is 16.2. The van der Waals surface area contributed by atoms with E-state index in [4.69, 9.17) is 4.74 Å². The third-order valence-electron chi connectivity index (χ3n) is 5.08. The van der Waals surface area contributed by atoms with E-state index in [0.717, 1.165) is 56.9 Å². The van der Waals surface area contributed by atoms with Crippen LogP contribution < -0.4 is 10.1 Å². The van der Waals surface area contributed by atoms with E-state index in [1.807, 2.05) is 19.1 Å². The average Bonchev–Trinajstić information content (AvgIpc) is 3.23. The average molecular weight is 315 g/mol. The van der Waals surface area contributed by atoms with Crippen LogP contribution in [-0.2, 0) is 9.59 Å². The van der Waals surface area contributed by atoms with Crippen molar-refractivity contribution in [2.45, 2.75) is 58.3 Å². The number of rotatable bonds is 4. The van der Waals surface area contributed by atoms with Crippen LogP contribution in [0, 0.1) is 18.8 Å². The predicted octanol–water partition coefficient (Wildman–Crippen LogP) is 4.22. The smallest absolute Gasteiger partial charge is 0.314 e. The summed E-state index contributed by atoms with van der Waals surface area (Å²) in [4.78, 5) is 24.4. The summed E-state index contributed by atoms with van der Waals surface area (Å²) in [7, 11) is 0. The zero-order valence-corrected chi connectivity index (χ0v) is 13.8. The number of esters is 1. The molecule has 2 aliphatic rings. The summed E-state index contributed by atoms with van der Waals surface area (Å²) in [6.07, 6.45) is 8.29. The Bertz CT molecular complexity index is 584. The van der Waals surface area contributed by atoms with Crippen molar-refractivity contribution in [1.82, 2.24) is 0 Å². The molecular weight excluding hydrogens is 290 g/mol. The van der Waals surface area contributed by atoms with Crippen molar-refractivity contribution in [3.63, 3.8) is 0 Å². The summed E-state index contributed by atoms with van der Waals surface area (Å²) in [6, 6.07) is 5.53. The van der Waals surface area contributed by atoms with E-state index in [0.29, 0.717) is 11.4 Å². The number of amides is 1. The first-order valence-corrected chi connectivity index (χ1v) is 8.76. The SMILES string of the molecule is Cc1ccc(NC(=O)C2CCCC2)cc1OC(=O)C1CCCC1. The van der Waals surface area contributed by atoms with Crippen LogP contribution in [-0.4, -0.2) is 11.9 Å². The van der Waals surface area contributed by atoms with Gasteiger partial charge >= 0.3 is 5.97 Å². The minimum Gasteiger partial charge on any atom is -0.426 e. The number of benzene rings is 1. The molecule has 0 aromatic heterocycles. The third-order valence-corrected chi connectivity index (χ3v) is 5.08. The Balaban J connectivity index is 1.65. The van der Waals surface area contributed by atoms with Crippen LogP contribution in [0.3, 0.4) is 0 Å². The van der Waals surface area contributed by atoms with Gasteiger partial charge in [0.1, 0.15) is 5.75 Å². The number of aryl methyl sites for hydroxylation is 1. The molecule has 2 fully saturated rings. The van der Waals surface area contributed by atoms with E-state index in [1.54, 1.807) is 6.07 Å². The van der Waals surface area contributed by atoms with Gasteiger partial charge in [-0.15, -0.1) is 0 Å². The number of anilines is 1. The van der Waals surface area contributed by atoms with Crippen LogP contribution in [0.4, 0.5) is 5.69 Å². The topological polar surface area (TPSA) is 55.4 Å². The summed E-state index contributed by atoms with van der Waals surface area (Å²) < 4.78 is 5.59. The lowest BCUT2D eigenvalue weighted by molar-refractivity contribution is -0.138. The highest BCUT2D eigenvalue weighted by molar-refractivity contribution is 5.93. The Kier molecular flexibility index (Phi) is 4.99. The molecule has 1 aromatic carbocycles. The zero-order valence-electron chi connectivity index (χ0n) is 13.8. The molecule has 0 radical (unpaired) electrons. The molecule has 1 amide bonds. The normalized spacial score (nSPS) is 19.0. The maximum Gasteiger partial charge on any atom is 0.314 e. The van der Waals surface area contributed by atoms with E-state index in [2.05, 4.69) is 5.32 Å². The van der Waals surface area contributed by atoms with E-state index in [-0.39, 0.29) is 23.7 Å². The quantitative estimate of drug-likeness (QED) is 0.668. The summed E-state index contributed by atoms with van der Waals surface area (Å²) in [5, 5.41) is 2.96. The van der Waals surface area contributed by atoms with Gasteiger partial charge in [-0.1, -0.05) is 31.7 Å². The Morgan fingerprint density at radius 2 is 1.61 bits per heavy atom. The minimum absolute atomic E-state index is 0.0335. The van der Waals surface area contributed by atoms with Crippen molar-refractivity contribution in [2.24, 2.45) is 11.8 Å². The number of hydrogen-bond acceptors (Lipinski definition) is 3. The first kappa shape index (κ1) is 16.0. The summed E-state index contributed by atoms with van der Waals surface area (Å²) >= 11 is 0. The summed E-state index contributed by atoms with van der Waals surface area (Å²) in [6.45, 7) is 1.92. The summed E-state index contributed by atoms with van der Waals surface area (Å²) in [5.41, 5.74) is 1.62. The van der Waals surface area contributed by atoms with Gasteiger partial charge in [-0.05, 0) is 44.2 Å². The molecule has 0 aliphatic heterocycles. The highest BCUT2D eigenvalue weighted by Gasteiger charge is 2.25. The molecule has 0 saturated heterocycles. The van der Waals surface area contributed by atoms with E-state index >= 15 is 0 Å². The van der Waals surface area contributed by atoms with Crippen molar-refractivity contribution in [1.29, 1.82) is 0 Å². The molecule has 4 nitrogen and oxygen atoms in total. The first-order chi connectivity index (χ1) is 11.1. The van der Waals surface area contributed by atoms with Gasteiger partial charge in [0.15, 0.2) is 0 Å². The van der Waals surface area contributed by atoms with Crippen LogP contribution >= 0.6 is 0 Å². The minimum atomic E-state index is -0.134. The van der Waals surface area contributed by atoms with Crippen molar-refractivity contribution in [2.75, 3.05) is 5.32 Å². The fraction of sp³-hybridized carbons (Fsp3) is 0.579. The maximum atomic E-state index is 12.2. The van der Waals surface area contributed by atoms with E-state index in [1.165, 1.54) is 0 Å². The van der Waals surface area contributed by atoms with Gasteiger partial charge < -0.3 is 10.1 Å². The predicted molar refractivity (Wildman–Crippen MR) is 89.4 cm³/mol. The van der Waals surface area contributed by atoms with Gasteiger partial charge in [-0.2, -0.15) is 0 Å². The van der Waals surface area contributed by atoms with E-state index in [9.17, 15) is 9.59 Å².